The van der Waals surface area contributed by atoms with E-state index >= 15 is 0 Å². The minimum absolute atomic E-state index is 0.229. The van der Waals surface area contributed by atoms with Crippen LogP contribution in [0.15, 0.2) is 55.0 Å². The van der Waals surface area contributed by atoms with E-state index in [0.29, 0.717) is 29.7 Å². The van der Waals surface area contributed by atoms with Crippen molar-refractivity contribution in [2.45, 2.75) is 6.54 Å². The molecule has 0 aliphatic rings. The Hall–Kier alpha value is -3.68. The number of amides is 1. The van der Waals surface area contributed by atoms with Crippen molar-refractivity contribution in [3.8, 4) is 11.5 Å². The highest BCUT2D eigenvalue weighted by Gasteiger charge is 2.13. The van der Waals surface area contributed by atoms with E-state index in [9.17, 15) is 4.79 Å². The van der Waals surface area contributed by atoms with Gasteiger partial charge in [0.15, 0.2) is 0 Å². The minimum Gasteiger partial charge on any atom is -0.497 e. The van der Waals surface area contributed by atoms with Gasteiger partial charge >= 0.3 is 0 Å². The van der Waals surface area contributed by atoms with E-state index in [1.807, 2.05) is 12.1 Å². The van der Waals surface area contributed by atoms with Crippen LogP contribution in [0.3, 0.4) is 0 Å². The summed E-state index contributed by atoms with van der Waals surface area (Å²) >= 11 is 0. The topological polar surface area (TPSA) is 98.3 Å². The highest BCUT2D eigenvalue weighted by Crippen LogP contribution is 2.29. The number of pyridine rings is 1. The van der Waals surface area contributed by atoms with Crippen LogP contribution in [0.1, 0.15) is 16.1 Å². The molecule has 0 radical (unpaired) electrons. The van der Waals surface area contributed by atoms with Gasteiger partial charge in [0.2, 0.25) is 5.95 Å². The summed E-state index contributed by atoms with van der Waals surface area (Å²) in [6, 6.07) is 10.5. The molecule has 8 heteroatoms. The number of carbonyl (C=O) groups excluding carboxylic acids is 1. The lowest BCUT2D eigenvalue weighted by atomic mass is 10.2. The smallest absolute Gasteiger partial charge is 0.274 e. The first-order valence-electron chi connectivity index (χ1n) is 8.19. The first-order chi connectivity index (χ1) is 13.2. The van der Waals surface area contributed by atoms with Crippen molar-refractivity contribution in [3.63, 3.8) is 0 Å². The van der Waals surface area contributed by atoms with Crippen molar-refractivity contribution in [2.75, 3.05) is 24.9 Å². The molecule has 2 N–H and O–H groups in total. The number of methoxy groups -OCH3 is 2. The number of nitrogens with one attached hydrogen (secondary N) is 2. The van der Waals surface area contributed by atoms with Crippen LogP contribution in [0, 0.1) is 0 Å². The van der Waals surface area contributed by atoms with Crippen LogP contribution in [0.25, 0.3) is 0 Å². The molecule has 1 amide bonds. The number of nitrogens with zero attached hydrogens (tertiary/aromatic N) is 3. The Morgan fingerprint density at radius 2 is 1.85 bits per heavy atom. The maximum atomic E-state index is 12.6. The summed E-state index contributed by atoms with van der Waals surface area (Å²) in [5.74, 6) is 1.11. The van der Waals surface area contributed by atoms with E-state index in [2.05, 4.69) is 25.6 Å². The molecule has 2 heterocycles. The van der Waals surface area contributed by atoms with Gasteiger partial charge in [0.1, 0.15) is 17.2 Å². The van der Waals surface area contributed by atoms with E-state index in [1.54, 1.807) is 43.8 Å². The number of rotatable bonds is 7. The lowest BCUT2D eigenvalue weighted by molar-refractivity contribution is 0.102. The van der Waals surface area contributed by atoms with Crippen molar-refractivity contribution >= 4 is 17.5 Å². The Morgan fingerprint density at radius 3 is 2.59 bits per heavy atom. The minimum atomic E-state index is -0.379. The van der Waals surface area contributed by atoms with Crippen molar-refractivity contribution in [3.05, 3.63) is 66.2 Å². The highest BCUT2D eigenvalue weighted by molar-refractivity contribution is 6.03. The molecular formula is C19H19N5O3. The largest absolute Gasteiger partial charge is 0.497 e. The zero-order valence-corrected chi connectivity index (χ0v) is 15.0. The predicted molar refractivity (Wildman–Crippen MR) is 101 cm³/mol. The number of hydrogen-bond acceptors (Lipinski definition) is 7. The summed E-state index contributed by atoms with van der Waals surface area (Å²) in [5.41, 5.74) is 1.75. The van der Waals surface area contributed by atoms with E-state index in [-0.39, 0.29) is 11.6 Å². The Balaban J connectivity index is 1.72. The maximum Gasteiger partial charge on any atom is 0.274 e. The van der Waals surface area contributed by atoms with Crippen molar-refractivity contribution in [2.24, 2.45) is 0 Å². The van der Waals surface area contributed by atoms with Crippen LogP contribution in [-0.2, 0) is 6.54 Å². The van der Waals surface area contributed by atoms with Crippen LogP contribution in [0.2, 0.25) is 0 Å². The average molecular weight is 365 g/mol. The molecule has 3 aromatic rings. The van der Waals surface area contributed by atoms with Gasteiger partial charge in [-0.1, -0.05) is 0 Å². The van der Waals surface area contributed by atoms with Gasteiger partial charge in [-0.2, -0.15) is 0 Å². The third kappa shape index (κ3) is 4.69. The fourth-order valence-corrected chi connectivity index (χ4v) is 2.35. The van der Waals surface area contributed by atoms with Crippen LogP contribution >= 0.6 is 0 Å². The van der Waals surface area contributed by atoms with Gasteiger partial charge in [-0.05, 0) is 35.9 Å². The monoisotopic (exact) mass is 365 g/mol. The summed E-state index contributed by atoms with van der Waals surface area (Å²) in [6.45, 7) is 0.525. The number of benzene rings is 1. The third-order valence-corrected chi connectivity index (χ3v) is 3.74. The summed E-state index contributed by atoms with van der Waals surface area (Å²) in [7, 11) is 3.09. The first-order valence-corrected chi connectivity index (χ1v) is 8.19. The molecule has 0 aliphatic carbocycles. The van der Waals surface area contributed by atoms with Crippen LogP contribution < -0.4 is 20.1 Å². The molecule has 0 atom stereocenters. The van der Waals surface area contributed by atoms with E-state index in [0.717, 1.165) is 5.56 Å². The van der Waals surface area contributed by atoms with E-state index < -0.39 is 0 Å². The number of aromatic nitrogens is 3. The predicted octanol–water partition coefficient (Wildman–Crippen LogP) is 2.75. The van der Waals surface area contributed by atoms with Gasteiger partial charge < -0.3 is 20.1 Å². The van der Waals surface area contributed by atoms with Crippen LogP contribution in [0.5, 0.6) is 11.5 Å². The van der Waals surface area contributed by atoms with Gasteiger partial charge in [0, 0.05) is 31.2 Å². The van der Waals surface area contributed by atoms with Crippen molar-refractivity contribution < 1.29 is 14.3 Å². The molecular weight excluding hydrogens is 346 g/mol. The second kappa shape index (κ2) is 8.61. The lowest BCUT2D eigenvalue weighted by Gasteiger charge is -2.12. The Kier molecular flexibility index (Phi) is 5.78. The highest BCUT2D eigenvalue weighted by atomic mass is 16.5. The molecule has 0 fully saturated rings. The molecule has 2 aromatic heterocycles. The number of ether oxygens (including phenoxy) is 2. The van der Waals surface area contributed by atoms with E-state index in [1.165, 1.54) is 13.3 Å². The van der Waals surface area contributed by atoms with Gasteiger partial charge in [-0.15, -0.1) is 0 Å². The SMILES string of the molecule is COc1ccc(OC)c(NC(=O)c2ccnc(NCc3ccncc3)n2)c1. The standard InChI is InChI=1S/C19H19N5O3/c1-26-14-3-4-17(27-2)16(11-14)23-18(25)15-7-10-21-19(24-15)22-12-13-5-8-20-9-6-13/h3-11H,12H2,1-2H3,(H,23,25)(H,21,22,24). The number of carbonyl (C=O) groups is 1. The van der Waals surface area contributed by atoms with Crippen molar-refractivity contribution in [1.29, 1.82) is 0 Å². The van der Waals surface area contributed by atoms with Gasteiger partial charge in [0.05, 0.1) is 19.9 Å². The summed E-state index contributed by atoms with van der Waals surface area (Å²) in [4.78, 5) is 24.9. The molecule has 3 rings (SSSR count). The molecule has 8 nitrogen and oxygen atoms in total. The zero-order chi connectivity index (χ0) is 19.1. The Morgan fingerprint density at radius 1 is 1.04 bits per heavy atom. The average Bonchev–Trinajstić information content (AvgIpc) is 2.73. The maximum absolute atomic E-state index is 12.6. The van der Waals surface area contributed by atoms with Crippen LogP contribution in [-0.4, -0.2) is 35.1 Å². The van der Waals surface area contributed by atoms with Gasteiger partial charge in [0.25, 0.3) is 5.91 Å². The molecule has 27 heavy (non-hydrogen) atoms. The number of hydrogen-bond donors (Lipinski definition) is 2. The quantitative estimate of drug-likeness (QED) is 0.664. The van der Waals surface area contributed by atoms with E-state index in [4.69, 9.17) is 9.47 Å². The number of anilines is 2. The van der Waals surface area contributed by atoms with Crippen molar-refractivity contribution in [1.82, 2.24) is 15.0 Å². The fraction of sp³-hybridized carbons (Fsp3) is 0.158. The molecule has 138 valence electrons. The van der Waals surface area contributed by atoms with Crippen LogP contribution in [0.4, 0.5) is 11.6 Å². The van der Waals surface area contributed by atoms with Gasteiger partial charge in [-0.3, -0.25) is 9.78 Å². The molecule has 0 aliphatic heterocycles. The second-order valence-corrected chi connectivity index (χ2v) is 5.49. The Labute approximate surface area is 156 Å². The summed E-state index contributed by atoms with van der Waals surface area (Å²) < 4.78 is 10.5. The summed E-state index contributed by atoms with van der Waals surface area (Å²) in [6.07, 6.45) is 4.95. The first kappa shape index (κ1) is 18.1. The summed E-state index contributed by atoms with van der Waals surface area (Å²) in [5, 5.41) is 5.87. The molecule has 0 bridgehead atoms. The Bertz CT molecular complexity index is 918. The zero-order valence-electron chi connectivity index (χ0n) is 15.0. The second-order valence-electron chi connectivity index (χ2n) is 5.49. The molecule has 0 saturated heterocycles. The van der Waals surface area contributed by atoms with Gasteiger partial charge in [-0.25, -0.2) is 9.97 Å². The molecule has 0 saturated carbocycles. The lowest BCUT2D eigenvalue weighted by Crippen LogP contribution is -2.16. The normalized spacial score (nSPS) is 10.1. The third-order valence-electron chi connectivity index (χ3n) is 3.74. The molecule has 0 spiro atoms. The molecule has 1 aromatic carbocycles. The molecule has 0 unspecified atom stereocenters. The fourth-order valence-electron chi connectivity index (χ4n) is 2.35.